The summed E-state index contributed by atoms with van der Waals surface area (Å²) < 4.78 is 25.5. The molecule has 0 aliphatic carbocycles. The summed E-state index contributed by atoms with van der Waals surface area (Å²) >= 11 is 2.27. The highest BCUT2D eigenvalue weighted by atomic mass is 127. The SMILES string of the molecule is O=C1OC(c2cccc(F)c2)=N/C1=C\c1ccc(OCc2cccc(I)c2)cc1. The first-order chi connectivity index (χ1) is 14.1. The molecule has 0 fully saturated rings. The lowest BCUT2D eigenvalue weighted by molar-refractivity contribution is -0.129. The molecular formula is C23H15FINO3. The van der Waals surface area contributed by atoms with Crippen molar-refractivity contribution >= 4 is 40.5 Å². The van der Waals surface area contributed by atoms with Gasteiger partial charge in [0.2, 0.25) is 5.90 Å². The monoisotopic (exact) mass is 499 g/mol. The molecule has 0 bridgehead atoms. The maximum absolute atomic E-state index is 13.4. The molecule has 4 rings (SSSR count). The summed E-state index contributed by atoms with van der Waals surface area (Å²) in [4.78, 5) is 16.3. The maximum Gasteiger partial charge on any atom is 0.363 e. The molecule has 6 heteroatoms. The van der Waals surface area contributed by atoms with Gasteiger partial charge < -0.3 is 9.47 Å². The van der Waals surface area contributed by atoms with Crippen LogP contribution in [0.4, 0.5) is 4.39 Å². The van der Waals surface area contributed by atoms with Gasteiger partial charge in [-0.15, -0.1) is 0 Å². The van der Waals surface area contributed by atoms with E-state index in [2.05, 4.69) is 33.6 Å². The van der Waals surface area contributed by atoms with Crippen LogP contribution in [0.15, 0.2) is 83.5 Å². The second-order valence-electron chi connectivity index (χ2n) is 6.33. The third-order valence-corrected chi connectivity index (χ3v) is 4.84. The summed E-state index contributed by atoms with van der Waals surface area (Å²) in [5, 5.41) is 0. The van der Waals surface area contributed by atoms with Crippen LogP contribution in [0, 0.1) is 9.39 Å². The molecule has 3 aromatic carbocycles. The van der Waals surface area contributed by atoms with Gasteiger partial charge in [0.05, 0.1) is 0 Å². The normalized spacial score (nSPS) is 14.6. The highest BCUT2D eigenvalue weighted by Gasteiger charge is 2.24. The number of benzene rings is 3. The third kappa shape index (κ3) is 4.89. The van der Waals surface area contributed by atoms with Crippen molar-refractivity contribution in [1.82, 2.24) is 0 Å². The lowest BCUT2D eigenvalue weighted by atomic mass is 10.2. The van der Waals surface area contributed by atoms with E-state index in [0.717, 1.165) is 20.4 Å². The Morgan fingerprint density at radius 3 is 2.59 bits per heavy atom. The van der Waals surface area contributed by atoms with Gasteiger partial charge in [-0.2, -0.15) is 0 Å². The van der Waals surface area contributed by atoms with E-state index in [-0.39, 0.29) is 11.6 Å². The van der Waals surface area contributed by atoms with Crippen molar-refractivity contribution in [3.8, 4) is 5.75 Å². The zero-order valence-corrected chi connectivity index (χ0v) is 17.3. The van der Waals surface area contributed by atoms with Gasteiger partial charge in [0.15, 0.2) is 5.70 Å². The van der Waals surface area contributed by atoms with Crippen LogP contribution in [0.5, 0.6) is 5.75 Å². The van der Waals surface area contributed by atoms with E-state index in [1.54, 1.807) is 12.1 Å². The van der Waals surface area contributed by atoms with E-state index in [1.165, 1.54) is 18.2 Å². The summed E-state index contributed by atoms with van der Waals surface area (Å²) in [6.45, 7) is 0.477. The van der Waals surface area contributed by atoms with Crippen LogP contribution in [0.25, 0.3) is 6.08 Å². The Kier molecular flexibility index (Phi) is 5.71. The fraction of sp³-hybridized carbons (Fsp3) is 0.0435. The van der Waals surface area contributed by atoms with Crippen molar-refractivity contribution in [2.75, 3.05) is 0 Å². The molecule has 0 amide bonds. The Morgan fingerprint density at radius 2 is 1.83 bits per heavy atom. The number of carbonyl (C=O) groups is 1. The largest absolute Gasteiger partial charge is 0.489 e. The standard InChI is InChI=1S/C23H15FINO3/c24-18-5-2-4-17(13-18)22-26-21(23(27)29-22)12-15-7-9-20(10-8-15)28-14-16-3-1-6-19(25)11-16/h1-13H,14H2/b21-12-. The lowest BCUT2D eigenvalue weighted by Gasteiger charge is -2.07. The van der Waals surface area contributed by atoms with Crippen LogP contribution in [-0.4, -0.2) is 11.9 Å². The van der Waals surface area contributed by atoms with E-state index in [4.69, 9.17) is 9.47 Å². The number of ether oxygens (including phenoxy) is 2. The molecule has 0 spiro atoms. The van der Waals surface area contributed by atoms with Crippen molar-refractivity contribution in [3.05, 3.63) is 105 Å². The Morgan fingerprint density at radius 1 is 1.03 bits per heavy atom. The zero-order valence-electron chi connectivity index (χ0n) is 15.1. The highest BCUT2D eigenvalue weighted by Crippen LogP contribution is 2.21. The molecule has 0 radical (unpaired) electrons. The van der Waals surface area contributed by atoms with Gasteiger partial charge in [0, 0.05) is 9.13 Å². The summed E-state index contributed by atoms with van der Waals surface area (Å²) in [5.74, 6) is -0.162. The third-order valence-electron chi connectivity index (χ3n) is 4.17. The number of aliphatic imine (C=N–C) groups is 1. The first kappa shape index (κ1) is 19.3. The minimum atomic E-state index is -0.566. The fourth-order valence-electron chi connectivity index (χ4n) is 2.77. The van der Waals surface area contributed by atoms with E-state index in [0.29, 0.717) is 12.2 Å². The number of rotatable bonds is 5. The summed E-state index contributed by atoms with van der Waals surface area (Å²) in [6.07, 6.45) is 1.62. The van der Waals surface area contributed by atoms with E-state index >= 15 is 0 Å². The van der Waals surface area contributed by atoms with E-state index in [9.17, 15) is 9.18 Å². The number of esters is 1. The fourth-order valence-corrected chi connectivity index (χ4v) is 3.37. The number of nitrogens with zero attached hydrogens (tertiary/aromatic N) is 1. The molecule has 0 atom stereocenters. The first-order valence-corrected chi connectivity index (χ1v) is 9.90. The molecule has 1 aliphatic rings. The summed E-state index contributed by atoms with van der Waals surface area (Å²) in [6, 6.07) is 21.2. The summed E-state index contributed by atoms with van der Waals surface area (Å²) in [5.41, 5.74) is 2.46. The van der Waals surface area contributed by atoms with Crippen LogP contribution < -0.4 is 4.74 Å². The highest BCUT2D eigenvalue weighted by molar-refractivity contribution is 14.1. The van der Waals surface area contributed by atoms with Gasteiger partial charge >= 0.3 is 5.97 Å². The maximum atomic E-state index is 13.4. The molecule has 0 aromatic heterocycles. The smallest absolute Gasteiger partial charge is 0.363 e. The number of halogens is 2. The van der Waals surface area contributed by atoms with Crippen molar-refractivity contribution < 1.29 is 18.7 Å². The van der Waals surface area contributed by atoms with Crippen LogP contribution in [0.3, 0.4) is 0 Å². The number of cyclic esters (lactones) is 1. The Labute approximate surface area is 180 Å². The number of hydrogen-bond donors (Lipinski definition) is 0. The van der Waals surface area contributed by atoms with Crippen molar-refractivity contribution in [2.45, 2.75) is 6.61 Å². The molecule has 0 unspecified atom stereocenters. The van der Waals surface area contributed by atoms with Gasteiger partial charge in [-0.3, -0.25) is 0 Å². The Balaban J connectivity index is 1.46. The minimum Gasteiger partial charge on any atom is -0.489 e. The molecule has 144 valence electrons. The van der Waals surface area contributed by atoms with Crippen LogP contribution in [0.1, 0.15) is 16.7 Å². The topological polar surface area (TPSA) is 47.9 Å². The van der Waals surface area contributed by atoms with Crippen LogP contribution in [0.2, 0.25) is 0 Å². The average Bonchev–Trinajstić information content (AvgIpc) is 3.08. The van der Waals surface area contributed by atoms with Crippen LogP contribution in [-0.2, 0) is 16.1 Å². The molecule has 3 aromatic rings. The first-order valence-electron chi connectivity index (χ1n) is 8.83. The number of hydrogen-bond acceptors (Lipinski definition) is 4. The average molecular weight is 499 g/mol. The molecule has 0 N–H and O–H groups in total. The van der Waals surface area contributed by atoms with Gasteiger partial charge in [-0.05, 0) is 82.3 Å². The summed E-state index contributed by atoms with van der Waals surface area (Å²) in [7, 11) is 0. The Bertz CT molecular complexity index is 1120. The quantitative estimate of drug-likeness (QED) is 0.270. The molecular weight excluding hydrogens is 484 g/mol. The predicted octanol–water partition coefficient (Wildman–Crippen LogP) is 5.35. The van der Waals surface area contributed by atoms with E-state index in [1.807, 2.05) is 42.5 Å². The van der Waals surface area contributed by atoms with Gasteiger partial charge in [-0.1, -0.05) is 30.3 Å². The molecule has 1 heterocycles. The van der Waals surface area contributed by atoms with Gasteiger partial charge in [-0.25, -0.2) is 14.2 Å². The molecule has 0 saturated heterocycles. The van der Waals surface area contributed by atoms with Crippen molar-refractivity contribution in [3.63, 3.8) is 0 Å². The van der Waals surface area contributed by atoms with E-state index < -0.39 is 11.8 Å². The minimum absolute atomic E-state index is 0.0956. The zero-order chi connectivity index (χ0) is 20.2. The Hall–Kier alpha value is -3.00. The second-order valence-corrected chi connectivity index (χ2v) is 7.58. The molecule has 4 nitrogen and oxygen atoms in total. The molecule has 1 aliphatic heterocycles. The molecule has 0 saturated carbocycles. The van der Waals surface area contributed by atoms with Crippen LogP contribution >= 0.6 is 22.6 Å². The lowest BCUT2D eigenvalue weighted by Crippen LogP contribution is -2.05. The molecule has 29 heavy (non-hydrogen) atoms. The predicted molar refractivity (Wildman–Crippen MR) is 117 cm³/mol. The van der Waals surface area contributed by atoms with Crippen molar-refractivity contribution in [1.29, 1.82) is 0 Å². The van der Waals surface area contributed by atoms with Gasteiger partial charge in [0.25, 0.3) is 0 Å². The number of carbonyl (C=O) groups excluding carboxylic acids is 1. The second kappa shape index (κ2) is 8.57. The van der Waals surface area contributed by atoms with Crippen molar-refractivity contribution in [2.24, 2.45) is 4.99 Å². The van der Waals surface area contributed by atoms with Gasteiger partial charge in [0.1, 0.15) is 18.2 Å².